The second-order valence-corrected chi connectivity index (χ2v) is 8.28. The van der Waals surface area contributed by atoms with Gasteiger partial charge in [0.15, 0.2) is 0 Å². The highest BCUT2D eigenvalue weighted by molar-refractivity contribution is 5.89. The molecule has 0 spiro atoms. The number of anilines is 1. The summed E-state index contributed by atoms with van der Waals surface area (Å²) in [4.78, 5) is 23.2. The molecule has 0 amide bonds. The number of hydrogen-bond acceptors (Lipinski definition) is 4. The Bertz CT molecular complexity index is 952. The number of fused-ring (bicyclic) bond motifs is 7. The summed E-state index contributed by atoms with van der Waals surface area (Å²) in [5.41, 5.74) is 4.30. The fourth-order valence-corrected chi connectivity index (χ4v) is 5.89. The highest BCUT2D eigenvalue weighted by Gasteiger charge is 2.53. The molecular formula is C23H23NO4. The maximum Gasteiger partial charge on any atom is 0.337 e. The number of carbonyl (C=O) groups excluding carboxylic acids is 1. The van der Waals surface area contributed by atoms with Crippen molar-refractivity contribution in [1.82, 2.24) is 0 Å². The lowest BCUT2D eigenvalue weighted by molar-refractivity contribution is 0.0599. The van der Waals surface area contributed by atoms with Crippen molar-refractivity contribution in [2.45, 2.75) is 31.2 Å². The Morgan fingerprint density at radius 1 is 1.04 bits per heavy atom. The molecule has 0 saturated heterocycles. The molecule has 1 heterocycles. The van der Waals surface area contributed by atoms with Gasteiger partial charge in [-0.3, -0.25) is 0 Å². The van der Waals surface area contributed by atoms with Crippen LogP contribution in [0.3, 0.4) is 0 Å². The quantitative estimate of drug-likeness (QED) is 0.772. The molecular weight excluding hydrogens is 354 g/mol. The second-order valence-electron chi connectivity index (χ2n) is 8.28. The molecule has 1 aliphatic heterocycles. The Morgan fingerprint density at radius 2 is 1.75 bits per heavy atom. The van der Waals surface area contributed by atoms with E-state index in [4.69, 9.17) is 4.74 Å². The van der Waals surface area contributed by atoms with Crippen molar-refractivity contribution in [3.63, 3.8) is 0 Å². The number of carboxylic acid groups (broad SMARTS) is 1. The Kier molecular flexibility index (Phi) is 3.93. The zero-order valence-electron chi connectivity index (χ0n) is 15.7. The lowest BCUT2D eigenvalue weighted by Gasteiger charge is -2.43. The Morgan fingerprint density at radius 3 is 2.46 bits per heavy atom. The largest absolute Gasteiger partial charge is 0.478 e. The molecule has 144 valence electrons. The molecule has 2 fully saturated rings. The number of methoxy groups -OCH3 is 1. The van der Waals surface area contributed by atoms with E-state index in [-0.39, 0.29) is 12.0 Å². The summed E-state index contributed by atoms with van der Waals surface area (Å²) in [6.07, 6.45) is 3.71. The molecule has 5 rings (SSSR count). The highest BCUT2D eigenvalue weighted by Crippen LogP contribution is 2.63. The second kappa shape index (κ2) is 6.36. The van der Waals surface area contributed by atoms with E-state index < -0.39 is 5.97 Å². The fourth-order valence-electron chi connectivity index (χ4n) is 5.89. The van der Waals surface area contributed by atoms with Gasteiger partial charge in [-0.1, -0.05) is 12.1 Å². The summed E-state index contributed by atoms with van der Waals surface area (Å²) in [7, 11) is 1.39. The molecule has 5 heteroatoms. The van der Waals surface area contributed by atoms with Crippen molar-refractivity contribution in [2.75, 3.05) is 12.4 Å². The topological polar surface area (TPSA) is 75.6 Å². The van der Waals surface area contributed by atoms with Crippen molar-refractivity contribution in [3.05, 3.63) is 64.7 Å². The number of hydrogen-bond donors (Lipinski definition) is 2. The van der Waals surface area contributed by atoms with Crippen LogP contribution >= 0.6 is 0 Å². The first-order valence-electron chi connectivity index (χ1n) is 9.89. The predicted molar refractivity (Wildman–Crippen MR) is 105 cm³/mol. The summed E-state index contributed by atoms with van der Waals surface area (Å²) < 4.78 is 4.81. The van der Waals surface area contributed by atoms with Crippen LogP contribution in [-0.4, -0.2) is 24.2 Å². The van der Waals surface area contributed by atoms with E-state index in [9.17, 15) is 14.7 Å². The molecule has 2 N–H and O–H groups in total. The molecule has 3 aliphatic rings. The number of carbonyl (C=O) groups is 2. The van der Waals surface area contributed by atoms with Crippen LogP contribution in [-0.2, 0) is 4.74 Å². The van der Waals surface area contributed by atoms with Crippen molar-refractivity contribution >= 4 is 17.6 Å². The van der Waals surface area contributed by atoms with Gasteiger partial charge in [-0.2, -0.15) is 0 Å². The first kappa shape index (κ1) is 17.3. The molecule has 5 nitrogen and oxygen atoms in total. The minimum Gasteiger partial charge on any atom is -0.478 e. The number of nitrogens with one attached hydrogen (secondary N) is 1. The normalized spacial score (nSPS) is 29.5. The highest BCUT2D eigenvalue weighted by atomic mass is 16.5. The lowest BCUT2D eigenvalue weighted by atomic mass is 9.68. The number of aromatic carboxylic acids is 1. The van der Waals surface area contributed by atoms with E-state index >= 15 is 0 Å². The van der Waals surface area contributed by atoms with Gasteiger partial charge in [0.2, 0.25) is 0 Å². The van der Waals surface area contributed by atoms with Crippen LogP contribution in [0.1, 0.15) is 63.1 Å². The summed E-state index contributed by atoms with van der Waals surface area (Å²) in [5, 5.41) is 13.1. The van der Waals surface area contributed by atoms with Crippen LogP contribution in [0, 0.1) is 17.8 Å². The maximum atomic E-state index is 11.8. The van der Waals surface area contributed by atoms with Gasteiger partial charge >= 0.3 is 11.9 Å². The Labute approximate surface area is 163 Å². The first-order chi connectivity index (χ1) is 13.6. The van der Waals surface area contributed by atoms with Gasteiger partial charge in [0, 0.05) is 5.69 Å². The van der Waals surface area contributed by atoms with Gasteiger partial charge in [-0.15, -0.1) is 0 Å². The molecule has 2 aliphatic carbocycles. The SMILES string of the molecule is COC(=O)c1ccc([C@@H]2Nc3ccc(C(=O)O)cc3[C@@H]3[C@H]4CC[C@@H](C4)[C@@H]32)cc1. The number of rotatable bonds is 3. The lowest BCUT2D eigenvalue weighted by Crippen LogP contribution is -2.35. The molecule has 28 heavy (non-hydrogen) atoms. The number of benzene rings is 2. The molecule has 2 aromatic carbocycles. The number of ether oxygens (including phenoxy) is 1. The number of carboxylic acids is 1. The molecule has 0 radical (unpaired) electrons. The average Bonchev–Trinajstić information content (AvgIpc) is 3.35. The predicted octanol–water partition coefficient (Wildman–Crippen LogP) is 4.47. The van der Waals surface area contributed by atoms with Gasteiger partial charge in [-0.25, -0.2) is 9.59 Å². The zero-order valence-corrected chi connectivity index (χ0v) is 15.7. The Balaban J connectivity index is 1.55. The third-order valence-corrected chi connectivity index (χ3v) is 7.03. The monoisotopic (exact) mass is 377 g/mol. The van der Waals surface area contributed by atoms with E-state index in [1.165, 1.54) is 37.5 Å². The molecule has 2 bridgehead atoms. The molecule has 0 aromatic heterocycles. The first-order valence-corrected chi connectivity index (χ1v) is 9.89. The third-order valence-electron chi connectivity index (χ3n) is 7.03. The summed E-state index contributed by atoms with van der Waals surface area (Å²) >= 11 is 0. The molecule has 2 aromatic rings. The van der Waals surface area contributed by atoms with Crippen LogP contribution < -0.4 is 5.32 Å². The van der Waals surface area contributed by atoms with Crippen LogP contribution in [0.2, 0.25) is 0 Å². The Hall–Kier alpha value is -2.82. The number of esters is 1. The fraction of sp³-hybridized carbons (Fsp3) is 0.391. The summed E-state index contributed by atoms with van der Waals surface area (Å²) in [5.74, 6) is 0.959. The molecule has 2 saturated carbocycles. The standard InChI is InChI=1S/C23H23NO4/c1-28-23(27)13-4-2-12(3-5-13)21-20-15-7-6-14(10-15)19(20)17-11-16(22(25)26)8-9-18(17)24-21/h2-5,8-9,11,14-15,19-21,24H,6-7,10H2,1H3,(H,25,26)/t14-,15-,19-,20-,21-/m0/s1. The van der Waals surface area contributed by atoms with E-state index in [1.54, 1.807) is 6.07 Å². The molecule has 5 atom stereocenters. The molecule has 0 unspecified atom stereocenters. The van der Waals surface area contributed by atoms with Gasteiger partial charge < -0.3 is 15.2 Å². The third kappa shape index (κ3) is 2.53. The van der Waals surface area contributed by atoms with E-state index in [0.717, 1.165) is 5.69 Å². The maximum absolute atomic E-state index is 11.8. The van der Waals surface area contributed by atoms with Gasteiger partial charge in [0.05, 0.1) is 24.3 Å². The summed E-state index contributed by atoms with van der Waals surface area (Å²) in [6, 6.07) is 13.3. The van der Waals surface area contributed by atoms with Crippen LogP contribution in [0.4, 0.5) is 5.69 Å². The van der Waals surface area contributed by atoms with Crippen molar-refractivity contribution in [2.24, 2.45) is 17.8 Å². The van der Waals surface area contributed by atoms with Crippen LogP contribution in [0.25, 0.3) is 0 Å². The smallest absolute Gasteiger partial charge is 0.337 e. The zero-order chi connectivity index (χ0) is 19.4. The van der Waals surface area contributed by atoms with Crippen LogP contribution in [0.5, 0.6) is 0 Å². The van der Waals surface area contributed by atoms with Gasteiger partial charge in [0.1, 0.15) is 0 Å². The van der Waals surface area contributed by atoms with Gasteiger partial charge in [-0.05, 0) is 84.4 Å². The van der Waals surface area contributed by atoms with Crippen molar-refractivity contribution < 1.29 is 19.4 Å². The van der Waals surface area contributed by atoms with Crippen molar-refractivity contribution in [3.8, 4) is 0 Å². The minimum atomic E-state index is -0.872. The average molecular weight is 377 g/mol. The summed E-state index contributed by atoms with van der Waals surface area (Å²) in [6.45, 7) is 0. The van der Waals surface area contributed by atoms with Crippen molar-refractivity contribution in [1.29, 1.82) is 0 Å². The van der Waals surface area contributed by atoms with E-state index in [2.05, 4.69) is 5.32 Å². The van der Waals surface area contributed by atoms with E-state index in [0.29, 0.717) is 34.8 Å². The van der Waals surface area contributed by atoms with Gasteiger partial charge in [0.25, 0.3) is 0 Å². The van der Waals surface area contributed by atoms with Crippen LogP contribution in [0.15, 0.2) is 42.5 Å². The minimum absolute atomic E-state index is 0.176. The van der Waals surface area contributed by atoms with E-state index in [1.807, 2.05) is 36.4 Å².